The number of ether oxygens (including phenoxy) is 2. The Hall–Kier alpha value is -1.26. The van der Waals surface area contributed by atoms with Crippen molar-refractivity contribution in [2.45, 2.75) is 6.10 Å². The van der Waals surface area contributed by atoms with Gasteiger partial charge in [-0.05, 0) is 0 Å². The van der Waals surface area contributed by atoms with E-state index >= 15 is 0 Å². The largest absolute Gasteiger partial charge is 0.458 e. The van der Waals surface area contributed by atoms with Crippen molar-refractivity contribution in [1.29, 1.82) is 0 Å². The first kappa shape index (κ1) is 5.87. The molecule has 50 valence electrons. The maximum absolute atomic E-state index is 10.2. The minimum Gasteiger partial charge on any atom is -0.458 e. The molecule has 0 bridgehead atoms. The van der Waals surface area contributed by atoms with Crippen LogP contribution in [0.15, 0.2) is 0 Å². The maximum atomic E-state index is 10.2. The maximum Gasteiger partial charge on any atom is 0.405 e. The molecule has 0 saturated carbocycles. The average Bonchev–Trinajstić information content (AvgIpc) is 1.79. The molecule has 0 aromatic heterocycles. The number of rotatable bonds is 1. The number of amides is 1. The highest BCUT2D eigenvalue weighted by atomic mass is 16.6. The molecule has 1 aliphatic heterocycles. The van der Waals surface area contributed by atoms with Crippen molar-refractivity contribution in [1.82, 2.24) is 0 Å². The summed E-state index contributed by atoms with van der Waals surface area (Å²) < 4.78 is 8.54. The molecule has 1 heterocycles. The Bertz CT molecular complexity index is 155. The first-order chi connectivity index (χ1) is 4.20. The Morgan fingerprint density at radius 2 is 2.56 bits per heavy atom. The normalized spacial score (nSPS) is 24.0. The molecule has 0 spiro atoms. The zero-order valence-corrected chi connectivity index (χ0v) is 4.49. The summed E-state index contributed by atoms with van der Waals surface area (Å²) in [6, 6.07) is 0. The summed E-state index contributed by atoms with van der Waals surface area (Å²) in [7, 11) is 0. The van der Waals surface area contributed by atoms with Gasteiger partial charge in [-0.2, -0.15) is 0 Å². The molecule has 9 heavy (non-hydrogen) atoms. The van der Waals surface area contributed by atoms with Crippen molar-refractivity contribution in [2.75, 3.05) is 6.61 Å². The van der Waals surface area contributed by atoms with Crippen LogP contribution in [0.2, 0.25) is 0 Å². The standard InChI is InChI=1S/C4H5NO4/c5-4(7)9-2-1-8-3(2)6/h2H,1H2,(H2,5,7)/t2-/m0/s1. The van der Waals surface area contributed by atoms with E-state index in [4.69, 9.17) is 0 Å². The fourth-order valence-electron chi connectivity index (χ4n) is 0.442. The lowest BCUT2D eigenvalue weighted by atomic mass is 10.3. The van der Waals surface area contributed by atoms with Crippen LogP contribution in [0.5, 0.6) is 0 Å². The van der Waals surface area contributed by atoms with Crippen molar-refractivity contribution in [3.63, 3.8) is 0 Å². The van der Waals surface area contributed by atoms with E-state index in [1.165, 1.54) is 0 Å². The van der Waals surface area contributed by atoms with Crippen LogP contribution in [0.3, 0.4) is 0 Å². The van der Waals surface area contributed by atoms with E-state index in [1.807, 2.05) is 0 Å². The smallest absolute Gasteiger partial charge is 0.405 e. The molecule has 1 rings (SSSR count). The summed E-state index contributed by atoms with van der Waals surface area (Å²) in [5, 5.41) is 0. The van der Waals surface area contributed by atoms with Crippen molar-refractivity contribution >= 4 is 12.1 Å². The lowest BCUT2D eigenvalue weighted by molar-refractivity contribution is -0.178. The zero-order chi connectivity index (χ0) is 6.85. The second kappa shape index (κ2) is 1.93. The van der Waals surface area contributed by atoms with Crippen LogP contribution in [-0.2, 0) is 14.3 Å². The minimum atomic E-state index is -0.948. The molecular weight excluding hydrogens is 126 g/mol. The van der Waals surface area contributed by atoms with Crippen LogP contribution in [0.4, 0.5) is 4.79 Å². The molecule has 1 amide bonds. The van der Waals surface area contributed by atoms with E-state index in [0.717, 1.165) is 0 Å². The highest BCUT2D eigenvalue weighted by Crippen LogP contribution is 2.06. The highest BCUT2D eigenvalue weighted by Gasteiger charge is 2.33. The third kappa shape index (κ3) is 1.10. The van der Waals surface area contributed by atoms with Gasteiger partial charge in [0.15, 0.2) is 0 Å². The molecule has 1 aliphatic rings. The Morgan fingerprint density at radius 3 is 2.67 bits per heavy atom. The predicted molar refractivity (Wildman–Crippen MR) is 25.4 cm³/mol. The van der Waals surface area contributed by atoms with Crippen LogP contribution in [0, 0.1) is 0 Å². The fourth-order valence-corrected chi connectivity index (χ4v) is 0.442. The van der Waals surface area contributed by atoms with E-state index in [1.54, 1.807) is 0 Å². The van der Waals surface area contributed by atoms with Crippen LogP contribution < -0.4 is 5.73 Å². The quantitative estimate of drug-likeness (QED) is 0.463. The molecule has 0 unspecified atom stereocenters. The first-order valence-electron chi connectivity index (χ1n) is 2.33. The lowest BCUT2D eigenvalue weighted by Gasteiger charge is -2.22. The van der Waals surface area contributed by atoms with Gasteiger partial charge in [0.25, 0.3) is 0 Å². The zero-order valence-electron chi connectivity index (χ0n) is 4.49. The van der Waals surface area contributed by atoms with Gasteiger partial charge in [-0.3, -0.25) is 0 Å². The van der Waals surface area contributed by atoms with Gasteiger partial charge in [0.05, 0.1) is 0 Å². The Kier molecular flexibility index (Phi) is 1.26. The summed E-state index contributed by atoms with van der Waals surface area (Å²) >= 11 is 0. The van der Waals surface area contributed by atoms with Crippen LogP contribution in [0.1, 0.15) is 0 Å². The van der Waals surface area contributed by atoms with Crippen LogP contribution in [-0.4, -0.2) is 24.8 Å². The van der Waals surface area contributed by atoms with E-state index in [9.17, 15) is 9.59 Å². The number of hydrogen-bond acceptors (Lipinski definition) is 4. The second-order valence-electron chi connectivity index (χ2n) is 1.56. The molecule has 1 fully saturated rings. The van der Waals surface area contributed by atoms with Gasteiger partial charge in [-0.15, -0.1) is 0 Å². The Morgan fingerprint density at radius 1 is 1.89 bits per heavy atom. The second-order valence-corrected chi connectivity index (χ2v) is 1.56. The van der Waals surface area contributed by atoms with E-state index in [-0.39, 0.29) is 6.61 Å². The number of carbonyl (C=O) groups excluding carboxylic acids is 2. The Labute approximate surface area is 50.7 Å². The number of nitrogens with two attached hydrogens (primary N) is 1. The Balaban J connectivity index is 2.29. The van der Waals surface area contributed by atoms with Crippen molar-refractivity contribution in [3.05, 3.63) is 0 Å². The van der Waals surface area contributed by atoms with Crippen LogP contribution in [0.25, 0.3) is 0 Å². The fraction of sp³-hybridized carbons (Fsp3) is 0.500. The van der Waals surface area contributed by atoms with Gasteiger partial charge in [-0.1, -0.05) is 0 Å². The molecular formula is C4H5NO4. The summed E-state index contributed by atoms with van der Waals surface area (Å²) in [6.45, 7) is 0.127. The van der Waals surface area contributed by atoms with E-state index < -0.39 is 18.2 Å². The molecule has 0 aromatic rings. The summed E-state index contributed by atoms with van der Waals surface area (Å²) in [5.74, 6) is -0.534. The number of carbonyl (C=O) groups is 2. The molecule has 0 aliphatic carbocycles. The SMILES string of the molecule is NC(=O)O[C@H]1COC1=O. The first-order valence-corrected chi connectivity index (χ1v) is 2.33. The number of primary amides is 1. The number of hydrogen-bond donors (Lipinski definition) is 1. The van der Waals surface area contributed by atoms with Gasteiger partial charge in [-0.25, -0.2) is 9.59 Å². The van der Waals surface area contributed by atoms with E-state index in [2.05, 4.69) is 15.2 Å². The molecule has 0 aromatic carbocycles. The number of esters is 1. The molecule has 0 radical (unpaired) electrons. The highest BCUT2D eigenvalue weighted by molar-refractivity contribution is 5.82. The lowest BCUT2D eigenvalue weighted by Crippen LogP contribution is -2.44. The summed E-state index contributed by atoms with van der Waals surface area (Å²) in [4.78, 5) is 20.2. The van der Waals surface area contributed by atoms with Crippen LogP contribution >= 0.6 is 0 Å². The van der Waals surface area contributed by atoms with Crippen molar-refractivity contribution in [2.24, 2.45) is 5.73 Å². The third-order valence-corrected chi connectivity index (χ3v) is 0.898. The van der Waals surface area contributed by atoms with Gasteiger partial charge in [0.1, 0.15) is 6.61 Å². The van der Waals surface area contributed by atoms with Crippen molar-refractivity contribution in [3.8, 4) is 0 Å². The monoisotopic (exact) mass is 131 g/mol. The van der Waals surface area contributed by atoms with Crippen molar-refractivity contribution < 1.29 is 19.1 Å². The average molecular weight is 131 g/mol. The van der Waals surface area contributed by atoms with Gasteiger partial charge in [0.2, 0.25) is 6.10 Å². The minimum absolute atomic E-state index is 0.127. The molecule has 2 N–H and O–H groups in total. The third-order valence-electron chi connectivity index (χ3n) is 0.898. The van der Waals surface area contributed by atoms with Gasteiger partial charge in [0, 0.05) is 0 Å². The molecule has 1 atom stereocenters. The number of cyclic esters (lactones) is 1. The molecule has 5 nitrogen and oxygen atoms in total. The topological polar surface area (TPSA) is 78.6 Å². The summed E-state index contributed by atoms with van der Waals surface area (Å²) in [6.07, 6.45) is -1.71. The summed E-state index contributed by atoms with van der Waals surface area (Å²) in [5.41, 5.74) is 4.60. The molecule has 5 heteroatoms. The van der Waals surface area contributed by atoms with Gasteiger partial charge < -0.3 is 15.2 Å². The van der Waals surface area contributed by atoms with E-state index in [0.29, 0.717) is 0 Å². The molecule has 1 saturated heterocycles. The predicted octanol–water partition coefficient (Wildman–Crippen LogP) is -0.993. The van der Waals surface area contributed by atoms with Gasteiger partial charge >= 0.3 is 12.1 Å².